The number of rotatable bonds is 6. The molecule has 1 aliphatic rings. The largest absolute Gasteiger partial charge is 0.383 e. The average molecular weight is 243 g/mol. The molecular weight excluding hydrogens is 218 g/mol. The van der Waals surface area contributed by atoms with Crippen LogP contribution in [0.4, 0.5) is 0 Å². The molecule has 1 unspecified atom stereocenters. The molecule has 100 valence electrons. The fourth-order valence-corrected chi connectivity index (χ4v) is 2.29. The summed E-state index contributed by atoms with van der Waals surface area (Å²) in [5.41, 5.74) is 5.42. The summed E-state index contributed by atoms with van der Waals surface area (Å²) >= 11 is 0. The zero-order valence-corrected chi connectivity index (χ0v) is 11.0. The van der Waals surface area contributed by atoms with Crippen LogP contribution in [-0.2, 0) is 9.53 Å². The van der Waals surface area contributed by atoms with Crippen molar-refractivity contribution >= 4 is 5.91 Å². The van der Waals surface area contributed by atoms with Gasteiger partial charge in [0.05, 0.1) is 6.61 Å². The van der Waals surface area contributed by atoms with Crippen molar-refractivity contribution in [2.45, 2.75) is 25.8 Å². The lowest BCUT2D eigenvalue weighted by Gasteiger charge is -2.41. The molecule has 0 aromatic heterocycles. The summed E-state index contributed by atoms with van der Waals surface area (Å²) in [6.45, 7) is 6.92. The van der Waals surface area contributed by atoms with Crippen LogP contribution >= 0.6 is 0 Å². The molecule has 0 aromatic rings. The minimum absolute atomic E-state index is 0.192. The van der Waals surface area contributed by atoms with Gasteiger partial charge >= 0.3 is 0 Å². The molecule has 1 amide bonds. The molecule has 5 heteroatoms. The second kappa shape index (κ2) is 7.63. The van der Waals surface area contributed by atoms with Gasteiger partial charge < -0.3 is 15.4 Å². The van der Waals surface area contributed by atoms with E-state index >= 15 is 0 Å². The molecule has 0 aliphatic carbocycles. The van der Waals surface area contributed by atoms with Crippen molar-refractivity contribution in [2.75, 3.05) is 46.4 Å². The van der Waals surface area contributed by atoms with E-state index in [9.17, 15) is 4.79 Å². The van der Waals surface area contributed by atoms with E-state index in [0.29, 0.717) is 19.0 Å². The van der Waals surface area contributed by atoms with Crippen LogP contribution in [0.25, 0.3) is 0 Å². The van der Waals surface area contributed by atoms with Gasteiger partial charge in [0.25, 0.3) is 0 Å². The topological polar surface area (TPSA) is 58.8 Å². The van der Waals surface area contributed by atoms with Crippen molar-refractivity contribution in [2.24, 2.45) is 5.73 Å². The number of nitrogens with two attached hydrogens (primary N) is 1. The molecule has 1 aliphatic heterocycles. The Hall–Kier alpha value is -0.650. The number of hydrogen-bond donors (Lipinski definition) is 1. The molecule has 0 spiro atoms. The molecule has 5 nitrogen and oxygen atoms in total. The van der Waals surface area contributed by atoms with Gasteiger partial charge in [0.1, 0.15) is 0 Å². The quantitative estimate of drug-likeness (QED) is 0.708. The second-order valence-corrected chi connectivity index (χ2v) is 4.47. The average Bonchev–Trinajstić information content (AvgIpc) is 2.36. The highest BCUT2D eigenvalue weighted by atomic mass is 16.5. The molecule has 1 atom stereocenters. The molecule has 17 heavy (non-hydrogen) atoms. The van der Waals surface area contributed by atoms with E-state index < -0.39 is 0 Å². The minimum Gasteiger partial charge on any atom is -0.383 e. The Bertz CT molecular complexity index is 236. The van der Waals surface area contributed by atoms with E-state index in [1.54, 1.807) is 7.11 Å². The fraction of sp³-hybridized carbons (Fsp3) is 0.917. The lowest BCUT2D eigenvalue weighted by molar-refractivity contribution is -0.134. The van der Waals surface area contributed by atoms with Gasteiger partial charge in [-0.2, -0.15) is 0 Å². The molecule has 2 N–H and O–H groups in total. The van der Waals surface area contributed by atoms with Crippen LogP contribution in [0, 0.1) is 0 Å². The summed E-state index contributed by atoms with van der Waals surface area (Å²) < 4.78 is 5.11. The number of piperazine rings is 1. The molecule has 0 saturated carbocycles. The van der Waals surface area contributed by atoms with Crippen molar-refractivity contribution < 1.29 is 9.53 Å². The lowest BCUT2D eigenvalue weighted by atomic mass is 10.1. The summed E-state index contributed by atoms with van der Waals surface area (Å²) in [5, 5.41) is 0. The van der Waals surface area contributed by atoms with Gasteiger partial charge in [-0.05, 0) is 6.42 Å². The number of amides is 1. The molecular formula is C12H25N3O2. The first-order valence-corrected chi connectivity index (χ1v) is 6.43. The maximum absolute atomic E-state index is 11.8. The van der Waals surface area contributed by atoms with E-state index in [1.165, 1.54) is 0 Å². The van der Waals surface area contributed by atoms with E-state index in [-0.39, 0.29) is 5.91 Å². The number of nitrogens with zero attached hydrogens (tertiary/aromatic N) is 2. The Morgan fingerprint density at radius 2 is 2.24 bits per heavy atom. The highest BCUT2D eigenvalue weighted by molar-refractivity contribution is 5.76. The fourth-order valence-electron chi connectivity index (χ4n) is 2.29. The van der Waals surface area contributed by atoms with Crippen LogP contribution < -0.4 is 5.73 Å². The van der Waals surface area contributed by atoms with Gasteiger partial charge in [-0.1, -0.05) is 6.92 Å². The van der Waals surface area contributed by atoms with Crippen molar-refractivity contribution in [1.29, 1.82) is 0 Å². The molecule has 1 saturated heterocycles. The monoisotopic (exact) mass is 243 g/mol. The van der Waals surface area contributed by atoms with Gasteiger partial charge in [0.2, 0.25) is 5.91 Å². The van der Waals surface area contributed by atoms with E-state index in [2.05, 4.69) is 11.8 Å². The van der Waals surface area contributed by atoms with E-state index in [1.807, 2.05) is 4.90 Å². The Morgan fingerprint density at radius 3 is 2.82 bits per heavy atom. The molecule has 1 rings (SSSR count). The summed E-state index contributed by atoms with van der Waals surface area (Å²) in [6.07, 6.45) is 1.53. The third-order valence-electron chi connectivity index (χ3n) is 3.37. The zero-order chi connectivity index (χ0) is 12.7. The predicted molar refractivity (Wildman–Crippen MR) is 67.8 cm³/mol. The second-order valence-electron chi connectivity index (χ2n) is 4.47. The first kappa shape index (κ1) is 14.4. The third kappa shape index (κ3) is 4.26. The molecule has 0 aromatic carbocycles. The Labute approximate surface area is 104 Å². The maximum atomic E-state index is 11.8. The highest BCUT2D eigenvalue weighted by Crippen LogP contribution is 2.13. The zero-order valence-electron chi connectivity index (χ0n) is 11.0. The number of methoxy groups -OCH3 is 1. The maximum Gasteiger partial charge on any atom is 0.223 e. The molecule has 1 heterocycles. The molecule has 0 bridgehead atoms. The number of carbonyl (C=O) groups excluding carboxylic acids is 1. The van der Waals surface area contributed by atoms with E-state index in [4.69, 9.17) is 10.5 Å². The molecule has 1 fully saturated rings. The van der Waals surface area contributed by atoms with Crippen molar-refractivity contribution in [3.8, 4) is 0 Å². The van der Waals surface area contributed by atoms with Gasteiger partial charge in [0, 0.05) is 52.3 Å². The number of hydrogen-bond acceptors (Lipinski definition) is 4. The third-order valence-corrected chi connectivity index (χ3v) is 3.37. The lowest BCUT2D eigenvalue weighted by Crippen LogP contribution is -2.55. The SMILES string of the molecule is CCC1CN(C(=O)CCN)CCN1CCOC. The van der Waals surface area contributed by atoms with E-state index in [0.717, 1.165) is 39.2 Å². The van der Waals surface area contributed by atoms with Crippen LogP contribution in [0.3, 0.4) is 0 Å². The highest BCUT2D eigenvalue weighted by Gasteiger charge is 2.27. The summed E-state index contributed by atoms with van der Waals surface area (Å²) in [5.74, 6) is 0.192. The number of ether oxygens (including phenoxy) is 1. The Kier molecular flexibility index (Phi) is 6.47. The Morgan fingerprint density at radius 1 is 1.47 bits per heavy atom. The van der Waals surface area contributed by atoms with Crippen LogP contribution in [0.15, 0.2) is 0 Å². The van der Waals surface area contributed by atoms with Crippen LogP contribution in [0.2, 0.25) is 0 Å². The van der Waals surface area contributed by atoms with Crippen LogP contribution in [0.1, 0.15) is 19.8 Å². The minimum atomic E-state index is 0.192. The van der Waals surface area contributed by atoms with Gasteiger partial charge in [-0.15, -0.1) is 0 Å². The summed E-state index contributed by atoms with van der Waals surface area (Å²) in [4.78, 5) is 16.1. The van der Waals surface area contributed by atoms with Crippen molar-refractivity contribution in [3.63, 3.8) is 0 Å². The van der Waals surface area contributed by atoms with Crippen molar-refractivity contribution in [1.82, 2.24) is 9.80 Å². The standard InChI is InChI=1S/C12H25N3O2/c1-3-11-10-15(12(16)4-5-13)7-6-14(11)8-9-17-2/h11H,3-10,13H2,1-2H3. The smallest absolute Gasteiger partial charge is 0.223 e. The van der Waals surface area contributed by atoms with Gasteiger partial charge in [-0.25, -0.2) is 0 Å². The summed E-state index contributed by atoms with van der Waals surface area (Å²) in [7, 11) is 1.72. The normalized spacial score (nSPS) is 21.8. The number of carbonyl (C=O) groups is 1. The first-order valence-electron chi connectivity index (χ1n) is 6.43. The van der Waals surface area contributed by atoms with Gasteiger partial charge in [0.15, 0.2) is 0 Å². The predicted octanol–water partition coefficient (Wildman–Crippen LogP) is -0.0956. The summed E-state index contributed by atoms with van der Waals surface area (Å²) in [6, 6.07) is 0.459. The van der Waals surface area contributed by atoms with Crippen molar-refractivity contribution in [3.05, 3.63) is 0 Å². The first-order chi connectivity index (χ1) is 8.22. The van der Waals surface area contributed by atoms with Gasteiger partial charge in [-0.3, -0.25) is 9.69 Å². The van der Waals surface area contributed by atoms with Crippen LogP contribution in [0.5, 0.6) is 0 Å². The van der Waals surface area contributed by atoms with Crippen LogP contribution in [-0.4, -0.2) is 68.2 Å². The molecule has 0 radical (unpaired) electrons. The Balaban J connectivity index is 2.45.